The van der Waals surface area contributed by atoms with E-state index in [1.807, 2.05) is 32.0 Å². The summed E-state index contributed by atoms with van der Waals surface area (Å²) < 4.78 is 33.1. The number of carbonyl (C=O) groups is 1. The van der Waals surface area contributed by atoms with Gasteiger partial charge in [-0.2, -0.15) is 4.31 Å². The van der Waals surface area contributed by atoms with Gasteiger partial charge in [-0.15, -0.1) is 0 Å². The van der Waals surface area contributed by atoms with Crippen LogP contribution in [0.3, 0.4) is 0 Å². The summed E-state index contributed by atoms with van der Waals surface area (Å²) in [4.78, 5) is 13.1. The summed E-state index contributed by atoms with van der Waals surface area (Å²) in [6, 6.07) is 9.91. The van der Waals surface area contributed by atoms with Gasteiger partial charge in [-0.25, -0.2) is 8.42 Å². The Bertz CT molecular complexity index is 1000. The minimum absolute atomic E-state index is 0.179. The van der Waals surface area contributed by atoms with Crippen LogP contribution in [0.2, 0.25) is 0 Å². The maximum atomic E-state index is 13.3. The van der Waals surface area contributed by atoms with Crippen LogP contribution in [0.1, 0.15) is 29.5 Å². The average Bonchev–Trinajstić information content (AvgIpc) is 3.16. The summed E-state index contributed by atoms with van der Waals surface area (Å²) in [6.07, 6.45) is 1.14. The van der Waals surface area contributed by atoms with Crippen molar-refractivity contribution in [2.75, 3.05) is 19.0 Å². The fourth-order valence-corrected chi connectivity index (χ4v) is 5.40. The fourth-order valence-electron chi connectivity index (χ4n) is 3.50. The van der Waals surface area contributed by atoms with Crippen molar-refractivity contribution < 1.29 is 17.9 Å². The monoisotopic (exact) mass is 402 g/mol. The molecule has 3 rings (SSSR count). The highest BCUT2D eigenvalue weighted by atomic mass is 32.2. The molecular formula is C21H26N2O4S. The molecule has 1 saturated heterocycles. The van der Waals surface area contributed by atoms with Crippen LogP contribution in [0.25, 0.3) is 0 Å². The molecule has 0 bridgehead atoms. The van der Waals surface area contributed by atoms with Crippen molar-refractivity contribution in [3.63, 3.8) is 0 Å². The van der Waals surface area contributed by atoms with Crippen molar-refractivity contribution in [2.45, 2.75) is 44.6 Å². The number of hydrogen-bond acceptors (Lipinski definition) is 4. The molecule has 1 fully saturated rings. The number of sulfonamides is 1. The van der Waals surface area contributed by atoms with E-state index in [0.29, 0.717) is 36.4 Å². The standard InChI is InChI=1S/C21H26N2O4S/c1-14-7-5-8-18(16(14)3)22-21(24)19-9-6-12-23(19)28(25,26)20-13-17(27-4)11-10-15(20)2/h5,7-8,10-11,13,19H,6,9,12H2,1-4H3,(H,22,24)/t19-/m1/s1. The Balaban J connectivity index is 1.90. The van der Waals surface area contributed by atoms with Gasteiger partial charge in [0.15, 0.2) is 0 Å². The summed E-state index contributed by atoms with van der Waals surface area (Å²) in [5, 5.41) is 2.91. The van der Waals surface area contributed by atoms with Gasteiger partial charge in [0.25, 0.3) is 0 Å². The van der Waals surface area contributed by atoms with Gasteiger partial charge < -0.3 is 10.1 Å². The molecule has 1 heterocycles. The minimum atomic E-state index is -3.81. The largest absolute Gasteiger partial charge is 0.497 e. The molecule has 0 unspecified atom stereocenters. The van der Waals surface area contributed by atoms with Gasteiger partial charge in [-0.05, 0) is 62.4 Å². The molecule has 0 radical (unpaired) electrons. The molecule has 0 saturated carbocycles. The van der Waals surface area contributed by atoms with Crippen molar-refractivity contribution in [1.82, 2.24) is 4.31 Å². The average molecular weight is 403 g/mol. The van der Waals surface area contributed by atoms with Gasteiger partial charge in [-0.1, -0.05) is 18.2 Å². The van der Waals surface area contributed by atoms with Crippen molar-refractivity contribution in [2.24, 2.45) is 0 Å². The summed E-state index contributed by atoms with van der Waals surface area (Å²) in [5.74, 6) is 0.176. The SMILES string of the molecule is COc1ccc(C)c(S(=O)(=O)N2CCC[C@@H]2C(=O)Nc2cccc(C)c2C)c1. The topological polar surface area (TPSA) is 75.7 Å². The lowest BCUT2D eigenvalue weighted by Crippen LogP contribution is -2.43. The number of nitrogens with one attached hydrogen (secondary N) is 1. The van der Waals surface area contributed by atoms with Gasteiger partial charge in [0.1, 0.15) is 11.8 Å². The van der Waals surface area contributed by atoms with E-state index >= 15 is 0 Å². The number of benzene rings is 2. The first-order chi connectivity index (χ1) is 13.3. The van der Waals surface area contributed by atoms with Crippen LogP contribution in [0, 0.1) is 20.8 Å². The zero-order chi connectivity index (χ0) is 20.5. The third-order valence-corrected chi connectivity index (χ3v) is 7.40. The van der Waals surface area contributed by atoms with Crippen LogP contribution in [0.4, 0.5) is 5.69 Å². The molecule has 6 nitrogen and oxygen atoms in total. The van der Waals surface area contributed by atoms with E-state index in [-0.39, 0.29) is 10.8 Å². The minimum Gasteiger partial charge on any atom is -0.497 e. The summed E-state index contributed by atoms with van der Waals surface area (Å²) >= 11 is 0. The number of rotatable bonds is 5. The second kappa shape index (κ2) is 7.93. The zero-order valence-corrected chi connectivity index (χ0v) is 17.5. The van der Waals surface area contributed by atoms with Gasteiger partial charge >= 0.3 is 0 Å². The molecule has 1 aliphatic heterocycles. The zero-order valence-electron chi connectivity index (χ0n) is 16.7. The highest BCUT2D eigenvalue weighted by Gasteiger charge is 2.40. The van der Waals surface area contributed by atoms with E-state index in [2.05, 4.69) is 5.32 Å². The first-order valence-corrected chi connectivity index (χ1v) is 10.7. The van der Waals surface area contributed by atoms with Crippen LogP contribution in [-0.4, -0.2) is 38.3 Å². The Hall–Kier alpha value is -2.38. The van der Waals surface area contributed by atoms with Gasteiger partial charge in [0.05, 0.1) is 12.0 Å². The summed E-state index contributed by atoms with van der Waals surface area (Å²) in [5.41, 5.74) is 3.39. The molecule has 28 heavy (non-hydrogen) atoms. The number of hydrogen-bond donors (Lipinski definition) is 1. The number of ether oxygens (including phenoxy) is 1. The molecule has 1 atom stereocenters. The Morgan fingerprint density at radius 1 is 1.14 bits per heavy atom. The molecule has 1 aliphatic rings. The van der Waals surface area contributed by atoms with Crippen molar-refractivity contribution in [3.8, 4) is 5.75 Å². The van der Waals surface area contributed by atoms with Crippen LogP contribution in [0.15, 0.2) is 41.3 Å². The van der Waals surface area contributed by atoms with Gasteiger partial charge in [-0.3, -0.25) is 4.79 Å². The van der Waals surface area contributed by atoms with Crippen molar-refractivity contribution in [1.29, 1.82) is 0 Å². The summed E-state index contributed by atoms with van der Waals surface area (Å²) in [6.45, 7) is 5.98. The van der Waals surface area contributed by atoms with Gasteiger partial charge in [0.2, 0.25) is 15.9 Å². The lowest BCUT2D eigenvalue weighted by atomic mass is 10.1. The van der Waals surface area contributed by atoms with Crippen LogP contribution in [0.5, 0.6) is 5.75 Å². The maximum absolute atomic E-state index is 13.3. The molecule has 1 N–H and O–H groups in total. The predicted octanol–water partition coefficient (Wildman–Crippen LogP) is 3.41. The predicted molar refractivity (Wildman–Crippen MR) is 109 cm³/mol. The Morgan fingerprint density at radius 2 is 1.89 bits per heavy atom. The van der Waals surface area contributed by atoms with Crippen molar-refractivity contribution >= 4 is 21.6 Å². The third-order valence-electron chi connectivity index (χ3n) is 5.35. The van der Waals surface area contributed by atoms with Crippen LogP contribution < -0.4 is 10.1 Å². The number of nitrogens with zero attached hydrogens (tertiary/aromatic N) is 1. The maximum Gasteiger partial charge on any atom is 0.244 e. The normalized spacial score (nSPS) is 17.5. The molecule has 0 spiro atoms. The number of anilines is 1. The van der Waals surface area contributed by atoms with Crippen LogP contribution in [-0.2, 0) is 14.8 Å². The van der Waals surface area contributed by atoms with E-state index in [4.69, 9.17) is 4.74 Å². The van der Waals surface area contributed by atoms with E-state index in [1.54, 1.807) is 19.1 Å². The third kappa shape index (κ3) is 3.77. The Kier molecular flexibility index (Phi) is 5.76. The molecule has 0 aliphatic carbocycles. The van der Waals surface area contributed by atoms with E-state index < -0.39 is 16.1 Å². The molecule has 150 valence electrons. The molecular weight excluding hydrogens is 376 g/mol. The van der Waals surface area contributed by atoms with Crippen molar-refractivity contribution in [3.05, 3.63) is 53.1 Å². The molecule has 2 aromatic carbocycles. The highest BCUT2D eigenvalue weighted by molar-refractivity contribution is 7.89. The number of amides is 1. The Labute approximate surface area is 166 Å². The number of methoxy groups -OCH3 is 1. The molecule has 7 heteroatoms. The lowest BCUT2D eigenvalue weighted by molar-refractivity contribution is -0.119. The van der Waals surface area contributed by atoms with E-state index in [0.717, 1.165) is 11.1 Å². The fraction of sp³-hybridized carbons (Fsp3) is 0.381. The molecule has 0 aromatic heterocycles. The van der Waals surface area contributed by atoms with Gasteiger partial charge in [0, 0.05) is 18.3 Å². The lowest BCUT2D eigenvalue weighted by Gasteiger charge is -2.25. The second-order valence-electron chi connectivity index (χ2n) is 7.14. The first-order valence-electron chi connectivity index (χ1n) is 9.29. The quantitative estimate of drug-likeness (QED) is 0.832. The summed E-state index contributed by atoms with van der Waals surface area (Å²) in [7, 11) is -2.32. The molecule has 2 aromatic rings. The van der Waals surface area contributed by atoms with E-state index in [1.165, 1.54) is 17.5 Å². The van der Waals surface area contributed by atoms with E-state index in [9.17, 15) is 13.2 Å². The highest BCUT2D eigenvalue weighted by Crippen LogP contribution is 2.31. The Morgan fingerprint density at radius 3 is 2.61 bits per heavy atom. The first kappa shape index (κ1) is 20.4. The van der Waals surface area contributed by atoms with Crippen LogP contribution >= 0.6 is 0 Å². The second-order valence-corrected chi connectivity index (χ2v) is 9.00. The molecule has 1 amide bonds. The smallest absolute Gasteiger partial charge is 0.244 e. The number of aryl methyl sites for hydroxylation is 2. The number of carbonyl (C=O) groups excluding carboxylic acids is 1.